The molecule has 0 radical (unpaired) electrons. The molecule has 4 aromatic rings. The Labute approximate surface area is 183 Å². The number of halogens is 1. The van der Waals surface area contributed by atoms with Gasteiger partial charge in [0.2, 0.25) is 11.5 Å². The van der Waals surface area contributed by atoms with Gasteiger partial charge in [-0.2, -0.15) is 5.10 Å². The number of rotatable bonds is 5. The van der Waals surface area contributed by atoms with E-state index in [1.165, 1.54) is 11.6 Å². The maximum absolute atomic E-state index is 13.3. The van der Waals surface area contributed by atoms with E-state index in [0.717, 1.165) is 5.56 Å². The van der Waals surface area contributed by atoms with E-state index >= 15 is 0 Å². The van der Waals surface area contributed by atoms with Gasteiger partial charge in [0.05, 0.1) is 12.2 Å². The zero-order valence-electron chi connectivity index (χ0n) is 17.3. The second-order valence-electron chi connectivity index (χ2n) is 7.63. The Kier molecular flexibility index (Phi) is 5.61. The summed E-state index contributed by atoms with van der Waals surface area (Å²) in [5.74, 6) is -0.177. The highest BCUT2D eigenvalue weighted by Crippen LogP contribution is 2.30. The molecule has 0 atom stereocenters. The first kappa shape index (κ1) is 20.8. The van der Waals surface area contributed by atoms with Gasteiger partial charge in [-0.25, -0.2) is 4.68 Å². The average molecular weight is 437 g/mol. The molecule has 2 heterocycles. The van der Waals surface area contributed by atoms with Gasteiger partial charge in [-0.3, -0.25) is 9.59 Å². The monoisotopic (exact) mass is 436 g/mol. The number of amides is 1. The molecule has 0 aliphatic rings. The molecule has 0 bridgehead atoms. The van der Waals surface area contributed by atoms with Gasteiger partial charge >= 0.3 is 0 Å². The molecule has 0 saturated carbocycles. The Balaban J connectivity index is 1.92. The lowest BCUT2D eigenvalue weighted by molar-refractivity contribution is -0.114. The van der Waals surface area contributed by atoms with Crippen molar-refractivity contribution in [3.8, 4) is 11.3 Å². The van der Waals surface area contributed by atoms with Crippen molar-refractivity contribution in [2.75, 3.05) is 5.32 Å². The van der Waals surface area contributed by atoms with Gasteiger partial charge in [0.15, 0.2) is 0 Å². The number of nitrogens with zero attached hydrogens (tertiary/aromatic N) is 3. The number of fused-ring (bicyclic) bond motifs is 1. The van der Waals surface area contributed by atoms with Crippen molar-refractivity contribution in [1.29, 1.82) is 0 Å². The summed E-state index contributed by atoms with van der Waals surface area (Å²) in [6, 6.07) is 14.5. The van der Waals surface area contributed by atoms with E-state index in [-0.39, 0.29) is 23.9 Å². The third-order valence-corrected chi connectivity index (χ3v) is 5.10. The average Bonchev–Trinajstić information content (AvgIpc) is 3.17. The molecule has 0 saturated heterocycles. The first-order chi connectivity index (χ1) is 14.8. The van der Waals surface area contributed by atoms with Crippen molar-refractivity contribution in [2.24, 2.45) is 0 Å². The van der Waals surface area contributed by atoms with E-state index in [4.69, 9.17) is 16.1 Å². The highest BCUT2D eigenvalue weighted by Gasteiger charge is 2.22. The summed E-state index contributed by atoms with van der Waals surface area (Å²) in [5, 5.41) is 12.6. The van der Waals surface area contributed by atoms with Crippen molar-refractivity contribution >= 4 is 34.2 Å². The second kappa shape index (κ2) is 8.35. The summed E-state index contributed by atoms with van der Waals surface area (Å²) in [6.45, 7) is 5.63. The molecule has 2 aromatic heterocycles. The molecule has 0 fully saturated rings. The second-order valence-corrected chi connectivity index (χ2v) is 8.06. The van der Waals surface area contributed by atoms with Crippen LogP contribution in [0.5, 0.6) is 0 Å². The van der Waals surface area contributed by atoms with E-state index in [9.17, 15) is 9.59 Å². The zero-order valence-corrected chi connectivity index (χ0v) is 18.1. The molecule has 0 unspecified atom stereocenters. The number of aromatic nitrogens is 3. The van der Waals surface area contributed by atoms with Gasteiger partial charge in [-0.05, 0) is 35.7 Å². The lowest BCUT2D eigenvalue weighted by Crippen LogP contribution is -2.24. The SMILES string of the molecule is CC(=O)Nc1cccc(-c2nn(Cc3ccc(Cl)cc3)c(=O)c3c(C(C)C)noc23)c1. The van der Waals surface area contributed by atoms with Crippen molar-refractivity contribution in [3.05, 3.63) is 75.2 Å². The Morgan fingerprint density at radius 3 is 2.61 bits per heavy atom. The summed E-state index contributed by atoms with van der Waals surface area (Å²) < 4.78 is 7.00. The summed E-state index contributed by atoms with van der Waals surface area (Å²) in [7, 11) is 0. The maximum atomic E-state index is 13.3. The molecule has 0 aliphatic heterocycles. The van der Waals surface area contributed by atoms with E-state index in [0.29, 0.717) is 38.6 Å². The van der Waals surface area contributed by atoms with Gasteiger partial charge in [0.1, 0.15) is 11.1 Å². The van der Waals surface area contributed by atoms with Crippen LogP contribution in [0.3, 0.4) is 0 Å². The van der Waals surface area contributed by atoms with Crippen molar-refractivity contribution < 1.29 is 9.32 Å². The van der Waals surface area contributed by atoms with Gasteiger partial charge < -0.3 is 9.84 Å². The van der Waals surface area contributed by atoms with Crippen LogP contribution in [-0.2, 0) is 11.3 Å². The number of anilines is 1. The van der Waals surface area contributed by atoms with Crippen molar-refractivity contribution in [3.63, 3.8) is 0 Å². The van der Waals surface area contributed by atoms with Crippen LogP contribution < -0.4 is 10.9 Å². The first-order valence-electron chi connectivity index (χ1n) is 9.86. The molecular formula is C23H21ClN4O3. The Bertz CT molecular complexity index is 1320. The van der Waals surface area contributed by atoms with Crippen LogP contribution in [0.25, 0.3) is 22.2 Å². The fraction of sp³-hybridized carbons (Fsp3) is 0.217. The highest BCUT2D eigenvalue weighted by atomic mass is 35.5. The predicted octanol–water partition coefficient (Wildman–Crippen LogP) is 4.84. The molecular weight excluding hydrogens is 416 g/mol. The van der Waals surface area contributed by atoms with E-state index in [2.05, 4.69) is 15.6 Å². The van der Waals surface area contributed by atoms with Gasteiger partial charge in [-0.15, -0.1) is 0 Å². The van der Waals surface area contributed by atoms with Gasteiger partial charge in [0, 0.05) is 23.2 Å². The van der Waals surface area contributed by atoms with E-state index in [1.807, 2.05) is 38.1 Å². The van der Waals surface area contributed by atoms with Crippen LogP contribution in [0.1, 0.15) is 37.9 Å². The van der Waals surface area contributed by atoms with E-state index in [1.54, 1.807) is 24.3 Å². The molecule has 8 heteroatoms. The third kappa shape index (κ3) is 4.22. The molecule has 4 rings (SSSR count). The molecule has 158 valence electrons. The highest BCUT2D eigenvalue weighted by molar-refractivity contribution is 6.30. The molecule has 1 amide bonds. The lowest BCUT2D eigenvalue weighted by Gasteiger charge is -2.10. The summed E-state index contributed by atoms with van der Waals surface area (Å²) in [4.78, 5) is 24.8. The van der Waals surface area contributed by atoms with Gasteiger partial charge in [-0.1, -0.05) is 54.9 Å². The molecule has 1 N–H and O–H groups in total. The lowest BCUT2D eigenvalue weighted by atomic mass is 10.0. The van der Waals surface area contributed by atoms with Crippen LogP contribution in [0.4, 0.5) is 5.69 Å². The first-order valence-corrected chi connectivity index (χ1v) is 10.2. The number of carbonyl (C=O) groups excluding carboxylic acids is 1. The number of nitrogens with one attached hydrogen (secondary N) is 1. The summed E-state index contributed by atoms with van der Waals surface area (Å²) in [6.07, 6.45) is 0. The minimum Gasteiger partial charge on any atom is -0.353 e. The number of hydrogen-bond donors (Lipinski definition) is 1. The zero-order chi connectivity index (χ0) is 22.1. The van der Waals surface area contributed by atoms with Crippen LogP contribution in [0.15, 0.2) is 57.8 Å². The molecule has 0 aliphatic carbocycles. The quantitative estimate of drug-likeness (QED) is 0.483. The number of hydrogen-bond acceptors (Lipinski definition) is 5. The fourth-order valence-corrected chi connectivity index (χ4v) is 3.54. The fourth-order valence-electron chi connectivity index (χ4n) is 3.41. The minimum atomic E-state index is -0.267. The maximum Gasteiger partial charge on any atom is 0.280 e. The third-order valence-electron chi connectivity index (χ3n) is 4.85. The molecule has 7 nitrogen and oxygen atoms in total. The normalized spacial score (nSPS) is 11.3. The minimum absolute atomic E-state index is 0.00102. The number of benzene rings is 2. The van der Waals surface area contributed by atoms with Crippen LogP contribution in [0, 0.1) is 0 Å². The van der Waals surface area contributed by atoms with Crippen molar-refractivity contribution in [1.82, 2.24) is 14.9 Å². The van der Waals surface area contributed by atoms with E-state index < -0.39 is 0 Å². The smallest absolute Gasteiger partial charge is 0.280 e. The summed E-state index contributed by atoms with van der Waals surface area (Å²) in [5.41, 5.74) is 3.35. The Morgan fingerprint density at radius 2 is 1.94 bits per heavy atom. The topological polar surface area (TPSA) is 90.0 Å². The standard InChI is InChI=1S/C23H21ClN4O3/c1-13(2)20-19-22(31-27-20)21(16-5-4-6-18(11-16)25-14(3)29)26-28(23(19)30)12-15-7-9-17(24)10-8-15/h4-11,13H,12H2,1-3H3,(H,25,29). The largest absolute Gasteiger partial charge is 0.353 e. The molecule has 0 spiro atoms. The molecule has 2 aromatic carbocycles. The number of carbonyl (C=O) groups is 1. The summed E-state index contributed by atoms with van der Waals surface area (Å²) >= 11 is 5.99. The molecule has 31 heavy (non-hydrogen) atoms. The van der Waals surface area contributed by atoms with Crippen LogP contribution in [0.2, 0.25) is 5.02 Å². The van der Waals surface area contributed by atoms with Crippen LogP contribution >= 0.6 is 11.6 Å². The van der Waals surface area contributed by atoms with Crippen LogP contribution in [-0.4, -0.2) is 20.8 Å². The van der Waals surface area contributed by atoms with Gasteiger partial charge in [0.25, 0.3) is 5.56 Å². The Hall–Kier alpha value is -3.45. The Morgan fingerprint density at radius 1 is 1.19 bits per heavy atom. The predicted molar refractivity (Wildman–Crippen MR) is 120 cm³/mol. The van der Waals surface area contributed by atoms with Crippen molar-refractivity contribution in [2.45, 2.75) is 33.2 Å².